The van der Waals surface area contributed by atoms with Gasteiger partial charge in [0.1, 0.15) is 0 Å². The van der Waals surface area contributed by atoms with Crippen molar-refractivity contribution < 1.29 is 8.78 Å². The first-order valence-electron chi connectivity index (χ1n) is 6.53. The van der Waals surface area contributed by atoms with Crippen LogP contribution in [0.4, 0.5) is 8.78 Å². The maximum Gasteiger partial charge on any atom is 0.163 e. The van der Waals surface area contributed by atoms with E-state index in [-0.39, 0.29) is 6.04 Å². The molecule has 106 valence electrons. The largest absolute Gasteiger partial charge is 0.310 e. The standard InChI is InChI=1S/C16H16BrF2N/c1-2-20-15(10-11-5-3-6-12(17)9-11)13-7-4-8-14(18)16(13)19/h3-9,15,20H,2,10H2,1H3. The molecule has 0 fully saturated rings. The van der Waals surface area contributed by atoms with Gasteiger partial charge >= 0.3 is 0 Å². The Balaban J connectivity index is 2.29. The highest BCUT2D eigenvalue weighted by atomic mass is 79.9. The van der Waals surface area contributed by atoms with Crippen molar-refractivity contribution >= 4 is 15.9 Å². The van der Waals surface area contributed by atoms with Crippen molar-refractivity contribution in [3.05, 3.63) is 69.7 Å². The van der Waals surface area contributed by atoms with Crippen molar-refractivity contribution in [1.29, 1.82) is 0 Å². The second kappa shape index (κ2) is 6.95. The molecule has 2 aromatic rings. The fraction of sp³-hybridized carbons (Fsp3) is 0.250. The highest BCUT2D eigenvalue weighted by Crippen LogP contribution is 2.24. The van der Waals surface area contributed by atoms with E-state index in [1.807, 2.05) is 31.2 Å². The maximum absolute atomic E-state index is 13.9. The third-order valence-corrected chi connectivity index (χ3v) is 3.63. The summed E-state index contributed by atoms with van der Waals surface area (Å²) in [5.41, 5.74) is 1.43. The van der Waals surface area contributed by atoms with Gasteiger partial charge in [-0.1, -0.05) is 47.1 Å². The molecule has 1 N–H and O–H groups in total. The Bertz CT molecular complexity index is 586. The van der Waals surface area contributed by atoms with Crippen molar-refractivity contribution in [2.75, 3.05) is 6.54 Å². The predicted molar refractivity (Wildman–Crippen MR) is 80.6 cm³/mol. The zero-order valence-corrected chi connectivity index (χ0v) is 12.8. The molecule has 0 aliphatic carbocycles. The molecule has 4 heteroatoms. The molecule has 0 spiro atoms. The van der Waals surface area contributed by atoms with E-state index in [0.717, 1.165) is 16.1 Å². The molecule has 0 heterocycles. The highest BCUT2D eigenvalue weighted by molar-refractivity contribution is 9.10. The van der Waals surface area contributed by atoms with Gasteiger partial charge in [-0.05, 0) is 36.7 Å². The first-order chi connectivity index (χ1) is 9.61. The summed E-state index contributed by atoms with van der Waals surface area (Å²) in [7, 11) is 0. The predicted octanol–water partition coefficient (Wildman–Crippen LogP) is 4.62. The van der Waals surface area contributed by atoms with Gasteiger partial charge in [0.15, 0.2) is 11.6 Å². The molecular formula is C16H16BrF2N. The van der Waals surface area contributed by atoms with Crippen molar-refractivity contribution in [1.82, 2.24) is 5.32 Å². The van der Waals surface area contributed by atoms with Crippen LogP contribution in [0, 0.1) is 11.6 Å². The number of hydrogen-bond acceptors (Lipinski definition) is 1. The minimum atomic E-state index is -0.806. The van der Waals surface area contributed by atoms with E-state index in [9.17, 15) is 8.78 Å². The highest BCUT2D eigenvalue weighted by Gasteiger charge is 2.17. The van der Waals surface area contributed by atoms with Gasteiger partial charge in [-0.3, -0.25) is 0 Å². The van der Waals surface area contributed by atoms with Gasteiger partial charge in [0, 0.05) is 16.1 Å². The minimum absolute atomic E-state index is 0.245. The topological polar surface area (TPSA) is 12.0 Å². The molecule has 0 aromatic heterocycles. The molecular weight excluding hydrogens is 324 g/mol. The Hall–Kier alpha value is -1.26. The first kappa shape index (κ1) is 15.1. The molecule has 0 saturated heterocycles. The van der Waals surface area contributed by atoms with Crippen molar-refractivity contribution in [2.24, 2.45) is 0 Å². The second-order valence-corrected chi connectivity index (χ2v) is 5.50. The molecule has 20 heavy (non-hydrogen) atoms. The maximum atomic E-state index is 13.9. The quantitative estimate of drug-likeness (QED) is 0.837. The number of nitrogens with one attached hydrogen (secondary N) is 1. The van der Waals surface area contributed by atoms with Gasteiger partial charge < -0.3 is 5.32 Å². The van der Waals surface area contributed by atoms with E-state index < -0.39 is 11.6 Å². The van der Waals surface area contributed by atoms with Gasteiger partial charge in [0.25, 0.3) is 0 Å². The molecule has 0 saturated carbocycles. The molecule has 1 atom stereocenters. The lowest BCUT2D eigenvalue weighted by molar-refractivity contribution is 0.464. The summed E-state index contributed by atoms with van der Waals surface area (Å²) in [6, 6.07) is 11.9. The molecule has 2 rings (SSSR count). The smallest absolute Gasteiger partial charge is 0.163 e. The van der Waals surface area contributed by atoms with Gasteiger partial charge in [0.2, 0.25) is 0 Å². The number of halogens is 3. The van der Waals surface area contributed by atoms with Crippen LogP contribution in [-0.2, 0) is 6.42 Å². The Labute approximate surface area is 126 Å². The van der Waals surface area contributed by atoms with Crippen LogP contribution in [0.3, 0.4) is 0 Å². The lowest BCUT2D eigenvalue weighted by Gasteiger charge is -2.19. The van der Waals surface area contributed by atoms with Gasteiger partial charge in [0.05, 0.1) is 0 Å². The zero-order chi connectivity index (χ0) is 14.5. The number of rotatable bonds is 5. The molecule has 0 aliphatic heterocycles. The Morgan fingerprint density at radius 3 is 2.60 bits per heavy atom. The van der Waals surface area contributed by atoms with Crippen molar-refractivity contribution in [2.45, 2.75) is 19.4 Å². The van der Waals surface area contributed by atoms with E-state index in [4.69, 9.17) is 0 Å². The SMILES string of the molecule is CCNC(Cc1cccc(Br)c1)c1cccc(F)c1F. The van der Waals surface area contributed by atoms with Crippen LogP contribution in [0.15, 0.2) is 46.9 Å². The van der Waals surface area contributed by atoms with E-state index in [2.05, 4.69) is 21.2 Å². The fourth-order valence-corrected chi connectivity index (χ4v) is 2.67. The van der Waals surface area contributed by atoms with Crippen LogP contribution in [0.25, 0.3) is 0 Å². The monoisotopic (exact) mass is 339 g/mol. The van der Waals surface area contributed by atoms with Crippen LogP contribution in [0.1, 0.15) is 24.1 Å². The average Bonchev–Trinajstić information content (AvgIpc) is 2.42. The zero-order valence-electron chi connectivity index (χ0n) is 11.2. The number of hydrogen-bond donors (Lipinski definition) is 1. The number of likely N-dealkylation sites (N-methyl/N-ethyl adjacent to an activating group) is 1. The molecule has 1 nitrogen and oxygen atoms in total. The van der Waals surface area contributed by atoms with Crippen LogP contribution >= 0.6 is 15.9 Å². The molecule has 0 aliphatic rings. The normalized spacial score (nSPS) is 12.4. The lowest BCUT2D eigenvalue weighted by atomic mass is 9.98. The van der Waals surface area contributed by atoms with E-state index in [1.165, 1.54) is 0 Å². The van der Waals surface area contributed by atoms with Crippen LogP contribution in [0.5, 0.6) is 0 Å². The Morgan fingerprint density at radius 2 is 1.90 bits per heavy atom. The summed E-state index contributed by atoms with van der Waals surface area (Å²) in [6.45, 7) is 2.64. The molecule has 1 unspecified atom stereocenters. The van der Waals surface area contributed by atoms with Crippen molar-refractivity contribution in [3.63, 3.8) is 0 Å². The minimum Gasteiger partial charge on any atom is -0.310 e. The van der Waals surface area contributed by atoms with E-state index in [0.29, 0.717) is 18.5 Å². The summed E-state index contributed by atoms with van der Waals surface area (Å²) in [5.74, 6) is -1.58. The molecule has 0 bridgehead atoms. The molecule has 0 radical (unpaired) electrons. The lowest BCUT2D eigenvalue weighted by Crippen LogP contribution is -2.24. The van der Waals surface area contributed by atoms with Gasteiger partial charge in [-0.2, -0.15) is 0 Å². The summed E-state index contributed by atoms with van der Waals surface area (Å²) < 4.78 is 28.3. The third-order valence-electron chi connectivity index (χ3n) is 3.14. The first-order valence-corrected chi connectivity index (χ1v) is 7.33. The average molecular weight is 340 g/mol. The Kier molecular flexibility index (Phi) is 5.26. The summed E-state index contributed by atoms with van der Waals surface area (Å²) >= 11 is 3.42. The van der Waals surface area contributed by atoms with Gasteiger partial charge in [-0.25, -0.2) is 8.78 Å². The Morgan fingerprint density at radius 1 is 1.15 bits per heavy atom. The third kappa shape index (κ3) is 3.64. The van der Waals surface area contributed by atoms with E-state index >= 15 is 0 Å². The van der Waals surface area contributed by atoms with Crippen LogP contribution in [0.2, 0.25) is 0 Å². The fourth-order valence-electron chi connectivity index (χ4n) is 2.23. The number of benzene rings is 2. The summed E-state index contributed by atoms with van der Waals surface area (Å²) in [6.07, 6.45) is 0.605. The summed E-state index contributed by atoms with van der Waals surface area (Å²) in [5, 5.41) is 3.21. The van der Waals surface area contributed by atoms with Crippen LogP contribution in [-0.4, -0.2) is 6.54 Å². The molecule has 2 aromatic carbocycles. The van der Waals surface area contributed by atoms with E-state index in [1.54, 1.807) is 12.1 Å². The van der Waals surface area contributed by atoms with Gasteiger partial charge in [-0.15, -0.1) is 0 Å². The van der Waals surface area contributed by atoms with Crippen molar-refractivity contribution in [3.8, 4) is 0 Å². The summed E-state index contributed by atoms with van der Waals surface area (Å²) in [4.78, 5) is 0. The van der Waals surface area contributed by atoms with Crippen LogP contribution < -0.4 is 5.32 Å². The molecule has 0 amide bonds. The second-order valence-electron chi connectivity index (χ2n) is 4.59.